The number of hydrogen-bond acceptors (Lipinski definition) is 2. The highest BCUT2D eigenvalue weighted by molar-refractivity contribution is 5.79. The Balaban J connectivity index is 1.92. The number of hydrogen-bond donors (Lipinski definition) is 1. The molecule has 2 rings (SSSR count). The SMILES string of the molecule is CC1CCCC1C(=O)N1CCNCC1. The van der Waals surface area contributed by atoms with E-state index in [-0.39, 0.29) is 0 Å². The Labute approximate surface area is 85.8 Å². The van der Waals surface area contributed by atoms with E-state index in [0.29, 0.717) is 17.7 Å². The molecule has 80 valence electrons. The molecular weight excluding hydrogens is 176 g/mol. The Kier molecular flexibility index (Phi) is 3.06. The van der Waals surface area contributed by atoms with Crippen molar-refractivity contribution in [3.63, 3.8) is 0 Å². The highest BCUT2D eigenvalue weighted by Crippen LogP contribution is 2.32. The van der Waals surface area contributed by atoms with Gasteiger partial charge in [-0.25, -0.2) is 0 Å². The van der Waals surface area contributed by atoms with E-state index >= 15 is 0 Å². The van der Waals surface area contributed by atoms with Gasteiger partial charge in [-0.2, -0.15) is 0 Å². The van der Waals surface area contributed by atoms with Crippen molar-refractivity contribution in [2.75, 3.05) is 26.2 Å². The van der Waals surface area contributed by atoms with E-state index < -0.39 is 0 Å². The van der Waals surface area contributed by atoms with Gasteiger partial charge in [-0.15, -0.1) is 0 Å². The first-order valence-corrected chi connectivity index (χ1v) is 5.78. The quantitative estimate of drug-likeness (QED) is 0.674. The molecule has 1 saturated heterocycles. The molecule has 1 aliphatic heterocycles. The second-order valence-electron chi connectivity index (χ2n) is 4.59. The molecule has 0 aromatic rings. The number of rotatable bonds is 1. The molecule has 1 saturated carbocycles. The second kappa shape index (κ2) is 4.30. The van der Waals surface area contributed by atoms with Gasteiger partial charge < -0.3 is 10.2 Å². The summed E-state index contributed by atoms with van der Waals surface area (Å²) in [5.41, 5.74) is 0. The number of carbonyl (C=O) groups excluding carboxylic acids is 1. The zero-order valence-electron chi connectivity index (χ0n) is 8.96. The fraction of sp³-hybridized carbons (Fsp3) is 0.909. The summed E-state index contributed by atoms with van der Waals surface area (Å²) in [4.78, 5) is 14.2. The summed E-state index contributed by atoms with van der Waals surface area (Å²) >= 11 is 0. The molecule has 1 heterocycles. The van der Waals surface area contributed by atoms with Gasteiger partial charge in [-0.05, 0) is 18.8 Å². The highest BCUT2D eigenvalue weighted by Gasteiger charge is 2.32. The number of nitrogens with zero attached hydrogens (tertiary/aromatic N) is 1. The first kappa shape index (κ1) is 9.97. The van der Waals surface area contributed by atoms with Crippen molar-refractivity contribution in [2.45, 2.75) is 26.2 Å². The van der Waals surface area contributed by atoms with Crippen molar-refractivity contribution in [3.8, 4) is 0 Å². The number of nitrogens with one attached hydrogen (secondary N) is 1. The lowest BCUT2D eigenvalue weighted by Crippen LogP contribution is -2.48. The Morgan fingerprint density at radius 1 is 1.29 bits per heavy atom. The van der Waals surface area contributed by atoms with Crippen LogP contribution < -0.4 is 5.32 Å². The van der Waals surface area contributed by atoms with Crippen molar-refractivity contribution in [2.24, 2.45) is 11.8 Å². The molecule has 3 nitrogen and oxygen atoms in total. The van der Waals surface area contributed by atoms with Crippen LogP contribution in [0, 0.1) is 11.8 Å². The Morgan fingerprint density at radius 2 is 2.00 bits per heavy atom. The smallest absolute Gasteiger partial charge is 0.226 e. The topological polar surface area (TPSA) is 32.3 Å². The van der Waals surface area contributed by atoms with Gasteiger partial charge in [0.2, 0.25) is 5.91 Å². The summed E-state index contributed by atoms with van der Waals surface area (Å²) in [6.45, 7) is 5.96. The summed E-state index contributed by atoms with van der Waals surface area (Å²) in [6, 6.07) is 0. The predicted octanol–water partition coefficient (Wildman–Crippen LogP) is 0.854. The van der Waals surface area contributed by atoms with Gasteiger partial charge in [0.25, 0.3) is 0 Å². The number of piperazine rings is 1. The van der Waals surface area contributed by atoms with E-state index in [9.17, 15) is 4.79 Å². The lowest BCUT2D eigenvalue weighted by Gasteiger charge is -2.30. The molecule has 1 amide bonds. The van der Waals surface area contributed by atoms with Crippen LogP contribution in [-0.4, -0.2) is 37.0 Å². The van der Waals surface area contributed by atoms with Crippen molar-refractivity contribution in [1.82, 2.24) is 10.2 Å². The molecule has 0 bridgehead atoms. The van der Waals surface area contributed by atoms with Crippen molar-refractivity contribution >= 4 is 5.91 Å². The van der Waals surface area contributed by atoms with Crippen LogP contribution in [0.1, 0.15) is 26.2 Å². The minimum absolute atomic E-state index is 0.327. The van der Waals surface area contributed by atoms with Crippen LogP contribution in [0.5, 0.6) is 0 Å². The van der Waals surface area contributed by atoms with Crippen LogP contribution >= 0.6 is 0 Å². The monoisotopic (exact) mass is 196 g/mol. The molecule has 2 aliphatic rings. The fourth-order valence-electron chi connectivity index (χ4n) is 2.63. The molecule has 1 aliphatic carbocycles. The predicted molar refractivity (Wildman–Crippen MR) is 56.0 cm³/mol. The van der Waals surface area contributed by atoms with E-state index in [1.807, 2.05) is 4.90 Å². The summed E-state index contributed by atoms with van der Waals surface area (Å²) in [7, 11) is 0. The van der Waals surface area contributed by atoms with Crippen LogP contribution in [0.15, 0.2) is 0 Å². The van der Waals surface area contributed by atoms with Crippen molar-refractivity contribution in [1.29, 1.82) is 0 Å². The minimum Gasteiger partial charge on any atom is -0.340 e. The Hall–Kier alpha value is -0.570. The van der Waals surface area contributed by atoms with E-state index in [2.05, 4.69) is 12.2 Å². The Bertz CT molecular complexity index is 211. The maximum absolute atomic E-state index is 12.1. The van der Waals surface area contributed by atoms with E-state index in [0.717, 1.165) is 32.6 Å². The molecule has 2 atom stereocenters. The van der Waals surface area contributed by atoms with Crippen molar-refractivity contribution < 1.29 is 4.79 Å². The first-order chi connectivity index (χ1) is 6.79. The summed E-state index contributed by atoms with van der Waals surface area (Å²) < 4.78 is 0. The molecule has 0 spiro atoms. The average Bonchev–Trinajstić information content (AvgIpc) is 2.65. The van der Waals surface area contributed by atoms with Gasteiger partial charge in [-0.1, -0.05) is 13.3 Å². The van der Waals surface area contributed by atoms with Crippen LogP contribution in [-0.2, 0) is 4.79 Å². The molecule has 14 heavy (non-hydrogen) atoms. The largest absolute Gasteiger partial charge is 0.340 e. The summed E-state index contributed by atoms with van der Waals surface area (Å²) in [6.07, 6.45) is 3.59. The lowest BCUT2D eigenvalue weighted by molar-refractivity contribution is -0.137. The summed E-state index contributed by atoms with van der Waals surface area (Å²) in [5.74, 6) is 1.35. The zero-order valence-corrected chi connectivity index (χ0v) is 8.96. The zero-order chi connectivity index (χ0) is 9.97. The average molecular weight is 196 g/mol. The molecule has 2 unspecified atom stereocenters. The standard InChI is InChI=1S/C11H20N2O/c1-9-3-2-4-10(9)11(14)13-7-5-12-6-8-13/h9-10,12H,2-8H2,1H3. The van der Waals surface area contributed by atoms with Crippen LogP contribution in [0.4, 0.5) is 0 Å². The van der Waals surface area contributed by atoms with Crippen LogP contribution in [0.25, 0.3) is 0 Å². The third-order valence-corrected chi connectivity index (χ3v) is 3.61. The third kappa shape index (κ3) is 1.92. The number of carbonyl (C=O) groups is 1. The third-order valence-electron chi connectivity index (χ3n) is 3.61. The maximum atomic E-state index is 12.1. The molecule has 1 N–H and O–H groups in total. The normalized spacial score (nSPS) is 33.4. The Morgan fingerprint density at radius 3 is 2.57 bits per heavy atom. The van der Waals surface area contributed by atoms with Crippen LogP contribution in [0.2, 0.25) is 0 Å². The van der Waals surface area contributed by atoms with E-state index in [4.69, 9.17) is 0 Å². The second-order valence-corrected chi connectivity index (χ2v) is 4.59. The van der Waals surface area contributed by atoms with Crippen LogP contribution in [0.3, 0.4) is 0 Å². The van der Waals surface area contributed by atoms with Gasteiger partial charge in [0.05, 0.1) is 0 Å². The van der Waals surface area contributed by atoms with Gasteiger partial charge >= 0.3 is 0 Å². The van der Waals surface area contributed by atoms with Gasteiger partial charge in [0, 0.05) is 32.1 Å². The minimum atomic E-state index is 0.327. The number of amides is 1. The summed E-state index contributed by atoms with van der Waals surface area (Å²) in [5, 5.41) is 3.28. The molecular formula is C11H20N2O. The molecule has 3 heteroatoms. The fourth-order valence-corrected chi connectivity index (χ4v) is 2.63. The first-order valence-electron chi connectivity index (χ1n) is 5.78. The van der Waals surface area contributed by atoms with Crippen molar-refractivity contribution in [3.05, 3.63) is 0 Å². The molecule has 2 fully saturated rings. The van der Waals surface area contributed by atoms with Gasteiger partial charge in [0.15, 0.2) is 0 Å². The molecule has 0 radical (unpaired) electrons. The maximum Gasteiger partial charge on any atom is 0.226 e. The van der Waals surface area contributed by atoms with E-state index in [1.165, 1.54) is 12.8 Å². The highest BCUT2D eigenvalue weighted by atomic mass is 16.2. The molecule has 0 aromatic heterocycles. The van der Waals surface area contributed by atoms with E-state index in [1.54, 1.807) is 0 Å². The lowest BCUT2D eigenvalue weighted by atomic mass is 9.96. The van der Waals surface area contributed by atoms with Gasteiger partial charge in [0.1, 0.15) is 0 Å². The molecule has 0 aromatic carbocycles. The van der Waals surface area contributed by atoms with Gasteiger partial charge in [-0.3, -0.25) is 4.79 Å².